The number of hydrogen-bond donors (Lipinski definition) is 0. The number of hydrogen-bond acceptors (Lipinski definition) is 5. The van der Waals surface area contributed by atoms with Crippen molar-refractivity contribution in [3.05, 3.63) is 17.7 Å². The Morgan fingerprint density at radius 1 is 1.09 bits per heavy atom. The summed E-state index contributed by atoms with van der Waals surface area (Å²) in [5.41, 5.74) is 0.701. The van der Waals surface area contributed by atoms with Gasteiger partial charge in [0.15, 0.2) is 11.5 Å². The molecular weight excluding hydrogens is 282 g/mol. The molecule has 1 aliphatic heterocycles. The molecule has 0 aromatic heterocycles. The van der Waals surface area contributed by atoms with Crippen molar-refractivity contribution < 1.29 is 19.0 Å². The lowest BCUT2D eigenvalue weighted by molar-refractivity contribution is -0.133. The highest BCUT2D eigenvalue weighted by Crippen LogP contribution is 2.43. The first-order valence-corrected chi connectivity index (χ1v) is 7.37. The summed E-state index contributed by atoms with van der Waals surface area (Å²) in [7, 11) is 6.82. The van der Waals surface area contributed by atoms with E-state index in [4.69, 9.17) is 14.2 Å². The number of likely N-dealkylation sites (tertiary alicyclic amines) is 1. The smallest absolute Gasteiger partial charge is 0.203 e. The maximum Gasteiger partial charge on any atom is 0.203 e. The second kappa shape index (κ2) is 6.16. The zero-order valence-corrected chi connectivity index (χ0v) is 14.2. The Labute approximate surface area is 132 Å². The lowest BCUT2D eigenvalue weighted by Gasteiger charge is -2.40. The van der Waals surface area contributed by atoms with Crippen LogP contribution in [0.25, 0.3) is 0 Å². The number of Topliss-reactive ketones (excluding diaryl/α,β-unsaturated/α-hetero) is 1. The topological polar surface area (TPSA) is 48.0 Å². The number of carbonyl (C=O) groups excluding carboxylic acids is 1. The van der Waals surface area contributed by atoms with Crippen molar-refractivity contribution in [3.63, 3.8) is 0 Å². The first-order valence-electron chi connectivity index (χ1n) is 7.37. The molecule has 5 heteroatoms. The van der Waals surface area contributed by atoms with Gasteiger partial charge in [0, 0.05) is 24.4 Å². The van der Waals surface area contributed by atoms with Gasteiger partial charge in [0.05, 0.1) is 21.3 Å². The molecule has 0 aliphatic carbocycles. The van der Waals surface area contributed by atoms with Crippen molar-refractivity contribution in [3.8, 4) is 17.2 Å². The Morgan fingerprint density at radius 2 is 1.64 bits per heavy atom. The van der Waals surface area contributed by atoms with Crippen LogP contribution in [0, 0.1) is 5.41 Å². The number of methoxy groups -OCH3 is 3. The van der Waals surface area contributed by atoms with Crippen LogP contribution < -0.4 is 14.2 Å². The van der Waals surface area contributed by atoms with Crippen molar-refractivity contribution in [2.75, 3.05) is 34.9 Å². The number of nitrogens with zero attached hydrogens (tertiary/aromatic N) is 1. The fourth-order valence-corrected chi connectivity index (χ4v) is 3.10. The van der Waals surface area contributed by atoms with Crippen molar-refractivity contribution in [1.82, 2.24) is 4.90 Å². The van der Waals surface area contributed by atoms with Crippen molar-refractivity contribution in [2.24, 2.45) is 5.41 Å². The van der Waals surface area contributed by atoms with Gasteiger partial charge in [0.1, 0.15) is 5.78 Å². The zero-order chi connectivity index (χ0) is 16.5. The molecule has 1 aliphatic rings. The number of carbonyl (C=O) groups is 1. The van der Waals surface area contributed by atoms with E-state index in [1.165, 1.54) is 0 Å². The van der Waals surface area contributed by atoms with Crippen LogP contribution in [-0.4, -0.2) is 45.6 Å². The van der Waals surface area contributed by atoms with Gasteiger partial charge < -0.3 is 14.2 Å². The minimum atomic E-state index is -0.300. The van der Waals surface area contributed by atoms with Crippen LogP contribution in [0.1, 0.15) is 31.9 Å². The first-order chi connectivity index (χ1) is 10.3. The van der Waals surface area contributed by atoms with E-state index in [0.717, 1.165) is 12.1 Å². The standard InChI is InChI=1S/C17H25NO4/c1-17(2)10-18(3)12(9-15(17)19)11-7-13(20-4)16(22-6)14(8-11)21-5/h7-8,12H,9-10H2,1-6H3. The molecule has 1 aromatic rings. The van der Waals surface area contributed by atoms with Crippen LogP contribution in [0.5, 0.6) is 17.2 Å². The first kappa shape index (κ1) is 16.6. The van der Waals surface area contributed by atoms with E-state index < -0.39 is 0 Å². The lowest BCUT2D eigenvalue weighted by Crippen LogP contribution is -2.45. The van der Waals surface area contributed by atoms with Crippen LogP contribution in [-0.2, 0) is 4.79 Å². The molecule has 0 radical (unpaired) electrons. The summed E-state index contributed by atoms with van der Waals surface area (Å²) >= 11 is 0. The Kier molecular flexibility index (Phi) is 4.66. The van der Waals surface area contributed by atoms with E-state index in [-0.39, 0.29) is 17.2 Å². The normalized spacial score (nSPS) is 21.5. The van der Waals surface area contributed by atoms with Gasteiger partial charge in [-0.1, -0.05) is 13.8 Å². The lowest BCUT2D eigenvalue weighted by atomic mass is 9.78. The molecule has 2 rings (SSSR count). The maximum atomic E-state index is 12.4. The second-order valence-electron chi connectivity index (χ2n) is 6.40. The molecule has 122 valence electrons. The van der Waals surface area contributed by atoms with Crippen LogP contribution in [0.3, 0.4) is 0 Å². The Balaban J connectivity index is 2.42. The van der Waals surface area contributed by atoms with Gasteiger partial charge in [0.2, 0.25) is 5.75 Å². The van der Waals surface area contributed by atoms with Gasteiger partial charge in [-0.25, -0.2) is 0 Å². The van der Waals surface area contributed by atoms with Gasteiger partial charge in [-0.15, -0.1) is 0 Å². The van der Waals surface area contributed by atoms with E-state index in [9.17, 15) is 4.79 Å². The predicted octanol–water partition coefficient (Wildman–Crippen LogP) is 2.68. The Bertz CT molecular complexity index is 543. The fourth-order valence-electron chi connectivity index (χ4n) is 3.10. The highest BCUT2D eigenvalue weighted by Gasteiger charge is 2.39. The molecule has 22 heavy (non-hydrogen) atoms. The fraction of sp³-hybridized carbons (Fsp3) is 0.588. The van der Waals surface area contributed by atoms with Crippen LogP contribution in [0.15, 0.2) is 12.1 Å². The molecule has 0 N–H and O–H groups in total. The van der Waals surface area contributed by atoms with E-state index in [1.807, 2.05) is 33.0 Å². The summed E-state index contributed by atoms with van der Waals surface area (Å²) in [5, 5.41) is 0. The van der Waals surface area contributed by atoms with E-state index in [1.54, 1.807) is 21.3 Å². The van der Waals surface area contributed by atoms with Crippen LogP contribution in [0.4, 0.5) is 0 Å². The van der Waals surface area contributed by atoms with E-state index in [0.29, 0.717) is 23.7 Å². The average molecular weight is 307 g/mol. The van der Waals surface area contributed by atoms with Crippen LogP contribution >= 0.6 is 0 Å². The van der Waals surface area contributed by atoms with Crippen molar-refractivity contribution >= 4 is 5.78 Å². The summed E-state index contributed by atoms with van der Waals surface area (Å²) in [6.07, 6.45) is 0.488. The SMILES string of the molecule is COc1cc(C2CC(=O)C(C)(C)CN2C)cc(OC)c1OC. The molecular formula is C17H25NO4. The zero-order valence-electron chi connectivity index (χ0n) is 14.2. The number of ketones is 1. The van der Waals surface area contributed by atoms with Gasteiger partial charge in [-0.3, -0.25) is 9.69 Å². The molecule has 0 spiro atoms. The van der Waals surface area contributed by atoms with E-state index in [2.05, 4.69) is 4.90 Å². The van der Waals surface area contributed by atoms with Gasteiger partial charge in [-0.2, -0.15) is 0 Å². The highest BCUT2D eigenvalue weighted by atomic mass is 16.5. The van der Waals surface area contributed by atoms with Crippen molar-refractivity contribution in [1.29, 1.82) is 0 Å². The van der Waals surface area contributed by atoms with Gasteiger partial charge in [-0.05, 0) is 24.7 Å². The van der Waals surface area contributed by atoms with Crippen LogP contribution in [0.2, 0.25) is 0 Å². The molecule has 1 saturated heterocycles. The second-order valence-corrected chi connectivity index (χ2v) is 6.40. The summed E-state index contributed by atoms with van der Waals surface area (Å²) in [4.78, 5) is 14.6. The Hall–Kier alpha value is -1.75. The number of rotatable bonds is 4. The molecule has 1 atom stereocenters. The van der Waals surface area contributed by atoms with Crippen molar-refractivity contribution in [2.45, 2.75) is 26.3 Å². The highest BCUT2D eigenvalue weighted by molar-refractivity contribution is 5.86. The third-order valence-electron chi connectivity index (χ3n) is 4.38. The molecule has 1 aromatic carbocycles. The summed E-state index contributed by atoms with van der Waals surface area (Å²) in [5.74, 6) is 2.08. The molecule has 1 heterocycles. The number of ether oxygens (including phenoxy) is 3. The van der Waals surface area contributed by atoms with Gasteiger partial charge in [0.25, 0.3) is 0 Å². The molecule has 0 bridgehead atoms. The largest absolute Gasteiger partial charge is 0.493 e. The summed E-state index contributed by atoms with van der Waals surface area (Å²) in [6.45, 7) is 4.72. The minimum absolute atomic E-state index is 0.0224. The predicted molar refractivity (Wildman–Crippen MR) is 84.9 cm³/mol. The third-order valence-corrected chi connectivity index (χ3v) is 4.38. The Morgan fingerprint density at radius 3 is 2.09 bits per heavy atom. The third kappa shape index (κ3) is 2.90. The van der Waals surface area contributed by atoms with E-state index >= 15 is 0 Å². The monoisotopic (exact) mass is 307 g/mol. The summed E-state index contributed by atoms with van der Waals surface area (Å²) in [6, 6.07) is 3.87. The molecule has 5 nitrogen and oxygen atoms in total. The molecule has 0 saturated carbocycles. The quantitative estimate of drug-likeness (QED) is 0.856. The number of benzene rings is 1. The number of piperidine rings is 1. The molecule has 1 fully saturated rings. The average Bonchev–Trinajstić information content (AvgIpc) is 2.48. The minimum Gasteiger partial charge on any atom is -0.493 e. The molecule has 1 unspecified atom stereocenters. The summed E-state index contributed by atoms with van der Waals surface area (Å²) < 4.78 is 16.2. The van der Waals surface area contributed by atoms with Gasteiger partial charge >= 0.3 is 0 Å². The maximum absolute atomic E-state index is 12.4. The molecule has 0 amide bonds.